The van der Waals surface area contributed by atoms with Crippen LogP contribution >= 0.6 is 0 Å². The molecule has 0 radical (unpaired) electrons. The molecule has 0 aromatic heterocycles. The number of aliphatic hydroxyl groups is 2. The molecule has 2 aromatic rings. The van der Waals surface area contributed by atoms with Crippen molar-refractivity contribution < 1.29 is 29.7 Å². The molecule has 0 unspecified atom stereocenters. The third-order valence-corrected chi connectivity index (χ3v) is 8.25. The van der Waals surface area contributed by atoms with Crippen molar-refractivity contribution in [2.75, 3.05) is 14.1 Å². The number of hydrogen-bond donors (Lipinski definition) is 6. The van der Waals surface area contributed by atoms with Gasteiger partial charge in [0.25, 0.3) is 5.91 Å². The van der Waals surface area contributed by atoms with Gasteiger partial charge >= 0.3 is 0 Å². The van der Waals surface area contributed by atoms with E-state index in [0.717, 1.165) is 0 Å². The summed E-state index contributed by atoms with van der Waals surface area (Å²) >= 11 is 0. The second-order valence-corrected chi connectivity index (χ2v) is 10.9. The number of ketones is 2. The number of hydrogen-bond acceptors (Lipinski definition) is 10. The number of Topliss-reactive ketones (excluding diaryl/α,β-unsaturated/α-hetero) is 2. The standard InChI is InChI=1S/C30H27N5O6/c1-35(2)24-23(38)20(27(32)41)25(39)29(14-31)26(40)21-22(37)19-17(12-28(21,33)13-30(24,29)34)16(10-11-18(19)36)9-8-15-6-4-3-5-7-15/h3-7,10-11,24,36-37,39H,12-13,33-34H2,1-2H3,(H2,32,41)/t24-,28-,29+,30-/m1/s1. The van der Waals surface area contributed by atoms with Gasteiger partial charge in [-0.2, -0.15) is 5.26 Å². The van der Waals surface area contributed by atoms with Gasteiger partial charge < -0.3 is 32.5 Å². The summed E-state index contributed by atoms with van der Waals surface area (Å²) in [6, 6.07) is 12.2. The van der Waals surface area contributed by atoms with E-state index in [9.17, 15) is 35.0 Å². The summed E-state index contributed by atoms with van der Waals surface area (Å²) in [4.78, 5) is 41.4. The fourth-order valence-electron chi connectivity index (χ4n) is 6.61. The number of phenols is 1. The molecule has 1 fully saturated rings. The van der Waals surface area contributed by atoms with Crippen molar-refractivity contribution >= 4 is 23.2 Å². The highest BCUT2D eigenvalue weighted by atomic mass is 16.3. The summed E-state index contributed by atoms with van der Waals surface area (Å²) in [7, 11) is 2.92. The van der Waals surface area contributed by atoms with E-state index in [4.69, 9.17) is 17.2 Å². The topological polar surface area (TPSA) is 217 Å². The van der Waals surface area contributed by atoms with Crippen molar-refractivity contribution in [2.45, 2.75) is 30.0 Å². The zero-order chi connectivity index (χ0) is 30.1. The molecule has 5 rings (SSSR count). The number of carbonyl (C=O) groups excluding carboxylic acids is 3. The second-order valence-electron chi connectivity index (χ2n) is 10.9. The molecule has 11 heteroatoms. The Bertz CT molecular complexity index is 1730. The number of aromatic hydroxyl groups is 1. The second kappa shape index (κ2) is 9.04. The number of fused-ring (bicyclic) bond motifs is 3. The molecule has 208 valence electrons. The van der Waals surface area contributed by atoms with Gasteiger partial charge in [0, 0.05) is 11.1 Å². The average Bonchev–Trinajstić information content (AvgIpc) is 2.87. The minimum absolute atomic E-state index is 0.110. The summed E-state index contributed by atoms with van der Waals surface area (Å²) in [5.41, 5.74) is 12.4. The predicted molar refractivity (Wildman–Crippen MR) is 147 cm³/mol. The number of benzene rings is 2. The van der Waals surface area contributed by atoms with Crippen molar-refractivity contribution in [3.8, 4) is 23.7 Å². The van der Waals surface area contributed by atoms with E-state index >= 15 is 0 Å². The largest absolute Gasteiger partial charge is 0.509 e. The van der Waals surface area contributed by atoms with Gasteiger partial charge in [0.2, 0.25) is 0 Å². The molecule has 0 saturated heterocycles. The van der Waals surface area contributed by atoms with Gasteiger partial charge in [-0.3, -0.25) is 19.3 Å². The third-order valence-electron chi connectivity index (χ3n) is 8.25. The number of nitrogens with two attached hydrogens (primary N) is 3. The molecular weight excluding hydrogens is 526 g/mol. The van der Waals surface area contributed by atoms with Gasteiger partial charge in [-0.1, -0.05) is 30.0 Å². The molecule has 2 aromatic carbocycles. The van der Waals surface area contributed by atoms with Gasteiger partial charge in [0.05, 0.1) is 34.3 Å². The molecule has 11 nitrogen and oxygen atoms in total. The summed E-state index contributed by atoms with van der Waals surface area (Å²) in [6.45, 7) is 0. The van der Waals surface area contributed by atoms with Crippen LogP contribution < -0.4 is 17.2 Å². The zero-order valence-corrected chi connectivity index (χ0v) is 22.2. The van der Waals surface area contributed by atoms with E-state index < -0.39 is 69.1 Å². The smallest absolute Gasteiger partial charge is 0.255 e. The lowest BCUT2D eigenvalue weighted by atomic mass is 9.47. The quantitative estimate of drug-likeness (QED) is 0.221. The molecule has 1 saturated carbocycles. The van der Waals surface area contributed by atoms with E-state index in [1.54, 1.807) is 24.3 Å². The molecule has 0 spiro atoms. The van der Waals surface area contributed by atoms with Gasteiger partial charge in [-0.05, 0) is 56.8 Å². The Morgan fingerprint density at radius 2 is 1.71 bits per heavy atom. The van der Waals surface area contributed by atoms with E-state index in [1.807, 2.05) is 18.2 Å². The van der Waals surface area contributed by atoms with Gasteiger partial charge in [-0.15, -0.1) is 0 Å². The Morgan fingerprint density at radius 3 is 2.29 bits per heavy atom. The summed E-state index contributed by atoms with van der Waals surface area (Å²) in [6.07, 6.45) is -0.618. The lowest BCUT2D eigenvalue weighted by Gasteiger charge is -2.58. The van der Waals surface area contributed by atoms with Crippen LogP contribution in [0, 0.1) is 28.6 Å². The Hall–Kier alpha value is -4.94. The van der Waals surface area contributed by atoms with Crippen LogP contribution in [0.4, 0.5) is 0 Å². The summed E-state index contributed by atoms with van der Waals surface area (Å²) < 4.78 is 0. The first-order valence-corrected chi connectivity index (χ1v) is 12.6. The minimum Gasteiger partial charge on any atom is -0.509 e. The van der Waals surface area contributed by atoms with E-state index in [1.165, 1.54) is 25.1 Å². The normalized spacial score (nSPS) is 28.7. The van der Waals surface area contributed by atoms with Crippen LogP contribution in [0.2, 0.25) is 0 Å². The van der Waals surface area contributed by atoms with Crippen molar-refractivity contribution in [2.24, 2.45) is 22.6 Å². The zero-order valence-electron chi connectivity index (χ0n) is 22.2. The Morgan fingerprint density at radius 1 is 1.05 bits per heavy atom. The van der Waals surface area contributed by atoms with Crippen LogP contribution in [0.1, 0.15) is 28.7 Å². The van der Waals surface area contributed by atoms with Crippen molar-refractivity contribution in [3.05, 3.63) is 81.6 Å². The maximum absolute atomic E-state index is 14.4. The predicted octanol–water partition coefficient (Wildman–Crippen LogP) is 0.305. The molecule has 0 heterocycles. The van der Waals surface area contributed by atoms with Crippen molar-refractivity contribution in [1.29, 1.82) is 5.26 Å². The highest BCUT2D eigenvalue weighted by Gasteiger charge is 2.74. The number of nitriles is 1. The van der Waals surface area contributed by atoms with Crippen molar-refractivity contribution in [3.63, 3.8) is 0 Å². The first-order valence-electron chi connectivity index (χ1n) is 12.6. The number of phenolic OH excluding ortho intramolecular Hbond substituents is 1. The number of likely N-dealkylation sites (N-methyl/N-ethyl adjacent to an activating group) is 1. The van der Waals surface area contributed by atoms with Crippen molar-refractivity contribution in [1.82, 2.24) is 4.90 Å². The Labute approximate surface area is 235 Å². The van der Waals surface area contributed by atoms with E-state index in [2.05, 4.69) is 11.8 Å². The molecule has 9 N–H and O–H groups in total. The summed E-state index contributed by atoms with van der Waals surface area (Å²) in [5.74, 6) is 0.244. The molecule has 3 aliphatic carbocycles. The SMILES string of the molecule is CN(C)[C@@H]1C(=O)C(C(N)=O)=C(O)[C@@]2(C#N)C(=O)C3=C(O)c4c(O)ccc(C#Cc5ccccc5)c4C[C@@]3(N)C[C@@]12N. The van der Waals surface area contributed by atoms with Gasteiger partial charge in [0.1, 0.15) is 22.8 Å². The number of amides is 1. The fraction of sp³-hybridized carbons (Fsp3) is 0.267. The third kappa shape index (κ3) is 3.54. The number of aliphatic hydroxyl groups excluding tert-OH is 2. The molecule has 4 atom stereocenters. The van der Waals surface area contributed by atoms with Crippen LogP contribution in [0.15, 0.2) is 59.4 Å². The van der Waals surface area contributed by atoms with Crippen LogP contribution in [0.3, 0.4) is 0 Å². The molecular formula is C30H27N5O6. The Balaban J connectivity index is 1.81. The van der Waals surface area contributed by atoms with E-state index in [-0.39, 0.29) is 17.7 Å². The lowest BCUT2D eigenvalue weighted by Crippen LogP contribution is -2.80. The monoisotopic (exact) mass is 553 g/mol. The molecule has 3 aliphatic rings. The van der Waals surface area contributed by atoms with Crippen LogP contribution in [0.5, 0.6) is 5.75 Å². The average molecular weight is 554 g/mol. The minimum atomic E-state index is -2.70. The molecule has 41 heavy (non-hydrogen) atoms. The first kappa shape index (κ1) is 27.6. The maximum Gasteiger partial charge on any atom is 0.255 e. The number of carbonyl (C=O) groups is 3. The van der Waals surface area contributed by atoms with Gasteiger partial charge in [-0.25, -0.2) is 0 Å². The number of rotatable bonds is 2. The highest BCUT2D eigenvalue weighted by Crippen LogP contribution is 2.58. The summed E-state index contributed by atoms with van der Waals surface area (Å²) in [5, 5.41) is 44.0. The fourth-order valence-corrected chi connectivity index (χ4v) is 6.61. The van der Waals surface area contributed by atoms with Crippen LogP contribution in [0.25, 0.3) is 5.76 Å². The highest BCUT2D eigenvalue weighted by molar-refractivity contribution is 6.25. The van der Waals surface area contributed by atoms with Crippen LogP contribution in [-0.2, 0) is 20.8 Å². The van der Waals surface area contributed by atoms with Gasteiger partial charge in [0.15, 0.2) is 17.0 Å². The number of nitrogens with zero attached hydrogens (tertiary/aromatic N) is 2. The van der Waals surface area contributed by atoms with Crippen LogP contribution in [-0.4, -0.2) is 68.9 Å². The molecule has 0 aliphatic heterocycles. The lowest BCUT2D eigenvalue weighted by molar-refractivity contribution is -0.139. The molecule has 0 bridgehead atoms. The molecule has 1 amide bonds. The van der Waals surface area contributed by atoms with E-state index in [0.29, 0.717) is 16.7 Å². The number of primary amides is 1. The Kier molecular flexibility index (Phi) is 6.09. The first-order chi connectivity index (χ1) is 19.2. The maximum atomic E-state index is 14.4.